The molecule has 0 fully saturated rings. The topological polar surface area (TPSA) is 52.0 Å². The lowest BCUT2D eigenvalue weighted by molar-refractivity contribution is 0.108. The number of halogens is 1. The highest BCUT2D eigenvalue weighted by Crippen LogP contribution is 2.28. The molecule has 2 aromatic heterocycles. The minimum atomic E-state index is -0.541. The number of carbonyl (C=O) groups excluding carboxylic acids is 1. The summed E-state index contributed by atoms with van der Waals surface area (Å²) in [7, 11) is 0. The first-order valence-electron chi connectivity index (χ1n) is 5.13. The molecule has 0 atom stereocenters. The van der Waals surface area contributed by atoms with Crippen LogP contribution < -0.4 is 5.56 Å². The molecule has 17 heavy (non-hydrogen) atoms. The van der Waals surface area contributed by atoms with Crippen LogP contribution in [0.4, 0.5) is 0 Å². The van der Waals surface area contributed by atoms with Crippen molar-refractivity contribution in [1.29, 1.82) is 0 Å². The predicted molar refractivity (Wildman–Crippen MR) is 69.2 cm³/mol. The number of carbonyl (C=O) groups is 1. The summed E-state index contributed by atoms with van der Waals surface area (Å²) in [5.41, 5.74) is 0.500. The first kappa shape index (κ1) is 12.3. The molecule has 2 aromatic rings. The van der Waals surface area contributed by atoms with Crippen LogP contribution in [0.1, 0.15) is 35.1 Å². The molecule has 0 saturated carbocycles. The molecule has 0 aliphatic heterocycles. The molecule has 0 aliphatic carbocycles. The van der Waals surface area contributed by atoms with Crippen LogP contribution in [0.2, 0.25) is 0 Å². The fourth-order valence-electron chi connectivity index (χ4n) is 1.69. The Hall–Kier alpha value is -1.20. The van der Waals surface area contributed by atoms with E-state index in [0.29, 0.717) is 20.7 Å². The van der Waals surface area contributed by atoms with E-state index in [1.165, 1.54) is 6.33 Å². The van der Waals surface area contributed by atoms with Gasteiger partial charge in [-0.3, -0.25) is 14.2 Å². The van der Waals surface area contributed by atoms with Crippen LogP contribution >= 0.6 is 22.9 Å². The zero-order valence-electron chi connectivity index (χ0n) is 9.65. The molecule has 0 aromatic carbocycles. The van der Waals surface area contributed by atoms with Crippen LogP contribution in [0.25, 0.3) is 10.2 Å². The second-order valence-corrected chi connectivity index (χ2v) is 5.40. The zero-order chi connectivity index (χ0) is 12.7. The summed E-state index contributed by atoms with van der Waals surface area (Å²) in [6.45, 7) is 5.54. The fraction of sp³-hybridized carbons (Fsp3) is 0.364. The second kappa shape index (κ2) is 4.23. The zero-order valence-corrected chi connectivity index (χ0v) is 11.2. The van der Waals surface area contributed by atoms with Crippen molar-refractivity contribution in [3.8, 4) is 0 Å². The van der Waals surface area contributed by atoms with E-state index in [-0.39, 0.29) is 11.6 Å². The number of aryl methyl sites for hydroxylation is 1. The summed E-state index contributed by atoms with van der Waals surface area (Å²) < 4.78 is 1.55. The highest BCUT2D eigenvalue weighted by atomic mass is 35.5. The van der Waals surface area contributed by atoms with Gasteiger partial charge < -0.3 is 0 Å². The molecule has 4 nitrogen and oxygen atoms in total. The van der Waals surface area contributed by atoms with E-state index in [1.807, 2.05) is 13.8 Å². The summed E-state index contributed by atoms with van der Waals surface area (Å²) in [5, 5.41) is -0.0452. The van der Waals surface area contributed by atoms with Crippen molar-refractivity contribution in [2.24, 2.45) is 0 Å². The Morgan fingerprint density at radius 3 is 2.71 bits per heavy atom. The van der Waals surface area contributed by atoms with Gasteiger partial charge in [0.1, 0.15) is 4.83 Å². The third-order valence-corrected chi connectivity index (χ3v) is 4.11. The van der Waals surface area contributed by atoms with Crippen LogP contribution in [0.3, 0.4) is 0 Å². The number of thiophene rings is 1. The van der Waals surface area contributed by atoms with Crippen LogP contribution in [0.5, 0.6) is 0 Å². The molecule has 0 N–H and O–H groups in total. The maximum atomic E-state index is 12.2. The number of nitrogens with zero attached hydrogens (tertiary/aromatic N) is 2. The molecule has 0 unspecified atom stereocenters. The average molecular weight is 271 g/mol. The lowest BCUT2D eigenvalue weighted by atomic mass is 10.2. The van der Waals surface area contributed by atoms with E-state index in [9.17, 15) is 9.59 Å². The fourth-order valence-corrected chi connectivity index (χ4v) is 2.92. The minimum absolute atomic E-state index is 0.0360. The lowest BCUT2D eigenvalue weighted by Gasteiger charge is -2.08. The van der Waals surface area contributed by atoms with Crippen molar-refractivity contribution in [2.75, 3.05) is 0 Å². The van der Waals surface area contributed by atoms with E-state index < -0.39 is 5.24 Å². The maximum Gasteiger partial charge on any atom is 0.262 e. The van der Waals surface area contributed by atoms with Gasteiger partial charge in [-0.05, 0) is 37.9 Å². The molecular weight excluding hydrogens is 260 g/mol. The number of hydrogen-bond acceptors (Lipinski definition) is 4. The highest BCUT2D eigenvalue weighted by Gasteiger charge is 2.18. The molecule has 2 heterocycles. The number of hydrogen-bond donors (Lipinski definition) is 0. The Balaban J connectivity index is 2.86. The Morgan fingerprint density at radius 2 is 2.18 bits per heavy atom. The van der Waals surface area contributed by atoms with Gasteiger partial charge in [-0.1, -0.05) is 0 Å². The van der Waals surface area contributed by atoms with E-state index in [0.717, 1.165) is 11.3 Å². The summed E-state index contributed by atoms with van der Waals surface area (Å²) in [4.78, 5) is 28.6. The van der Waals surface area contributed by atoms with Crippen molar-refractivity contribution in [3.63, 3.8) is 0 Å². The Morgan fingerprint density at radius 1 is 1.53 bits per heavy atom. The monoisotopic (exact) mass is 270 g/mol. The van der Waals surface area contributed by atoms with Gasteiger partial charge in [-0.25, -0.2) is 4.98 Å². The number of fused-ring (bicyclic) bond motifs is 1. The molecule has 6 heteroatoms. The van der Waals surface area contributed by atoms with Gasteiger partial charge in [0.15, 0.2) is 0 Å². The number of aromatic nitrogens is 2. The molecule has 0 amide bonds. The Labute approximate surface area is 107 Å². The van der Waals surface area contributed by atoms with E-state index in [4.69, 9.17) is 11.6 Å². The molecule has 0 aliphatic rings. The normalized spacial score (nSPS) is 11.4. The summed E-state index contributed by atoms with van der Waals surface area (Å²) in [6.07, 6.45) is 1.51. The summed E-state index contributed by atoms with van der Waals surface area (Å²) >= 11 is 6.63. The van der Waals surface area contributed by atoms with Gasteiger partial charge >= 0.3 is 0 Å². The van der Waals surface area contributed by atoms with E-state index in [2.05, 4.69) is 4.98 Å². The van der Waals surface area contributed by atoms with Crippen molar-refractivity contribution in [2.45, 2.75) is 26.8 Å². The van der Waals surface area contributed by atoms with Crippen LogP contribution in [-0.4, -0.2) is 14.8 Å². The summed E-state index contributed by atoms with van der Waals surface area (Å²) in [5.74, 6) is 0. The lowest BCUT2D eigenvalue weighted by Crippen LogP contribution is -2.22. The first-order valence-corrected chi connectivity index (χ1v) is 6.33. The van der Waals surface area contributed by atoms with Crippen molar-refractivity contribution >= 4 is 38.4 Å². The Bertz CT molecular complexity index is 657. The molecular formula is C11H11ClN2O2S. The highest BCUT2D eigenvalue weighted by molar-refractivity contribution is 7.22. The molecule has 0 bridgehead atoms. The van der Waals surface area contributed by atoms with Crippen molar-refractivity contribution in [1.82, 2.24) is 9.55 Å². The minimum Gasteiger partial charge on any atom is -0.296 e. The SMILES string of the molecule is Cc1c(C(=O)Cl)sc2ncn(C(C)C)c(=O)c12. The van der Waals surface area contributed by atoms with Crippen LogP contribution in [0.15, 0.2) is 11.1 Å². The van der Waals surface area contributed by atoms with E-state index >= 15 is 0 Å². The predicted octanol–water partition coefficient (Wildman–Crippen LogP) is 2.73. The third kappa shape index (κ3) is 1.89. The molecule has 90 valence electrons. The van der Waals surface area contributed by atoms with Gasteiger partial charge in [-0.2, -0.15) is 0 Å². The molecule has 2 rings (SSSR count). The Kier molecular flexibility index (Phi) is 3.05. The van der Waals surface area contributed by atoms with Crippen LogP contribution in [-0.2, 0) is 0 Å². The number of rotatable bonds is 2. The average Bonchev–Trinajstić information content (AvgIpc) is 2.56. The van der Waals surface area contributed by atoms with Gasteiger partial charge in [-0.15, -0.1) is 11.3 Å². The standard InChI is InChI=1S/C11H11ClN2O2S/c1-5(2)14-4-13-10-7(11(14)16)6(3)8(17-10)9(12)15/h4-5H,1-3H3. The molecule has 0 spiro atoms. The first-order chi connectivity index (χ1) is 7.93. The van der Waals surface area contributed by atoms with Gasteiger partial charge in [0, 0.05) is 6.04 Å². The van der Waals surface area contributed by atoms with Crippen molar-refractivity contribution < 1.29 is 4.79 Å². The van der Waals surface area contributed by atoms with E-state index in [1.54, 1.807) is 11.5 Å². The third-order valence-electron chi connectivity index (χ3n) is 2.61. The largest absolute Gasteiger partial charge is 0.296 e. The molecule has 0 radical (unpaired) electrons. The summed E-state index contributed by atoms with van der Waals surface area (Å²) in [6, 6.07) is 0.0360. The van der Waals surface area contributed by atoms with Gasteiger partial charge in [0.25, 0.3) is 10.8 Å². The second-order valence-electron chi connectivity index (χ2n) is 4.06. The van der Waals surface area contributed by atoms with Crippen molar-refractivity contribution in [3.05, 3.63) is 27.1 Å². The smallest absolute Gasteiger partial charge is 0.262 e. The van der Waals surface area contributed by atoms with Crippen LogP contribution in [0, 0.1) is 6.92 Å². The quantitative estimate of drug-likeness (QED) is 0.789. The maximum absolute atomic E-state index is 12.2. The van der Waals surface area contributed by atoms with Gasteiger partial charge in [0.05, 0.1) is 16.6 Å². The van der Waals surface area contributed by atoms with Gasteiger partial charge in [0.2, 0.25) is 0 Å². The molecule has 0 saturated heterocycles.